The lowest BCUT2D eigenvalue weighted by Crippen LogP contribution is -2.44. The topological polar surface area (TPSA) is 32.3 Å². The Balaban J connectivity index is 1.78. The molecule has 0 aromatic rings. The predicted octanol–water partition coefficient (Wildman–Crippen LogP) is 1.39. The number of carbonyl (C=O) groups is 1. The smallest absolute Gasteiger partial charge is 0.224 e. The average Bonchev–Trinajstić information content (AvgIpc) is 2.70. The van der Waals surface area contributed by atoms with Gasteiger partial charge in [0.1, 0.15) is 0 Å². The largest absolute Gasteiger partial charge is 0.353 e. The van der Waals surface area contributed by atoms with Crippen LogP contribution in [-0.2, 0) is 4.79 Å². The number of piperidine rings is 1. The van der Waals surface area contributed by atoms with Gasteiger partial charge in [-0.15, -0.1) is 0 Å². The maximum atomic E-state index is 12.0. The Bertz CT molecular complexity index is 224. The molecule has 0 unspecified atom stereocenters. The Morgan fingerprint density at radius 2 is 1.93 bits per heavy atom. The van der Waals surface area contributed by atoms with E-state index < -0.39 is 0 Å². The second-order valence-electron chi connectivity index (χ2n) is 5.09. The fourth-order valence-corrected chi connectivity index (χ4v) is 2.77. The molecule has 0 aromatic heterocycles. The van der Waals surface area contributed by atoms with Crippen LogP contribution >= 0.6 is 0 Å². The van der Waals surface area contributed by atoms with Gasteiger partial charge >= 0.3 is 0 Å². The van der Waals surface area contributed by atoms with Crippen molar-refractivity contribution < 1.29 is 4.79 Å². The zero-order valence-corrected chi connectivity index (χ0v) is 9.67. The number of nitrogens with zero attached hydrogens (tertiary/aromatic N) is 1. The summed E-state index contributed by atoms with van der Waals surface area (Å²) < 4.78 is 0. The predicted molar refractivity (Wildman–Crippen MR) is 60.6 cm³/mol. The van der Waals surface area contributed by atoms with Crippen LogP contribution in [0.1, 0.15) is 38.5 Å². The standard InChI is InChI=1S/C12H22N2O/c1-14-8-4-5-10(9-14)12(15)13-11-6-2-3-7-11/h10-11H,2-9H2,1H3,(H,13,15)/t10-/m1/s1. The van der Waals surface area contributed by atoms with E-state index in [4.69, 9.17) is 0 Å². The summed E-state index contributed by atoms with van der Waals surface area (Å²) in [5.74, 6) is 0.540. The molecule has 2 aliphatic rings. The molecule has 3 nitrogen and oxygen atoms in total. The van der Waals surface area contributed by atoms with E-state index in [1.807, 2.05) is 0 Å². The number of hydrogen-bond acceptors (Lipinski definition) is 2. The van der Waals surface area contributed by atoms with Gasteiger partial charge in [0, 0.05) is 12.6 Å². The van der Waals surface area contributed by atoms with E-state index >= 15 is 0 Å². The first-order valence-electron chi connectivity index (χ1n) is 6.24. The van der Waals surface area contributed by atoms with Crippen molar-refractivity contribution in [3.8, 4) is 0 Å². The highest BCUT2D eigenvalue weighted by molar-refractivity contribution is 5.79. The van der Waals surface area contributed by atoms with Crippen LogP contribution in [0.3, 0.4) is 0 Å². The number of nitrogens with one attached hydrogen (secondary N) is 1. The van der Waals surface area contributed by atoms with Crippen LogP contribution in [0.4, 0.5) is 0 Å². The highest BCUT2D eigenvalue weighted by Gasteiger charge is 2.26. The van der Waals surface area contributed by atoms with Crippen LogP contribution in [0.5, 0.6) is 0 Å². The normalized spacial score (nSPS) is 29.3. The molecule has 1 saturated carbocycles. The second-order valence-corrected chi connectivity index (χ2v) is 5.09. The Kier molecular flexibility index (Phi) is 3.62. The minimum Gasteiger partial charge on any atom is -0.353 e. The second kappa shape index (κ2) is 4.97. The molecule has 1 saturated heterocycles. The summed E-state index contributed by atoms with van der Waals surface area (Å²) in [6, 6.07) is 0.477. The molecule has 0 spiro atoms. The van der Waals surface area contributed by atoms with Crippen LogP contribution in [0.25, 0.3) is 0 Å². The summed E-state index contributed by atoms with van der Waals surface area (Å²) in [5.41, 5.74) is 0. The molecular formula is C12H22N2O. The number of likely N-dealkylation sites (tertiary alicyclic amines) is 1. The van der Waals surface area contributed by atoms with E-state index in [1.165, 1.54) is 32.1 Å². The molecule has 1 aliphatic heterocycles. The number of rotatable bonds is 2. The molecule has 86 valence electrons. The minimum atomic E-state index is 0.240. The average molecular weight is 210 g/mol. The summed E-state index contributed by atoms with van der Waals surface area (Å²) in [7, 11) is 2.11. The highest BCUT2D eigenvalue weighted by Crippen LogP contribution is 2.20. The molecule has 1 N–H and O–H groups in total. The first-order chi connectivity index (χ1) is 7.25. The molecule has 1 heterocycles. The van der Waals surface area contributed by atoms with Crippen molar-refractivity contribution in [2.45, 2.75) is 44.6 Å². The number of hydrogen-bond donors (Lipinski definition) is 1. The van der Waals surface area contributed by atoms with Gasteiger partial charge in [-0.2, -0.15) is 0 Å². The lowest BCUT2D eigenvalue weighted by Gasteiger charge is -2.29. The zero-order chi connectivity index (χ0) is 10.7. The van der Waals surface area contributed by atoms with E-state index in [1.54, 1.807) is 0 Å². The van der Waals surface area contributed by atoms with E-state index in [2.05, 4.69) is 17.3 Å². The quantitative estimate of drug-likeness (QED) is 0.747. The summed E-state index contributed by atoms with van der Waals surface area (Å²) in [6.45, 7) is 2.09. The van der Waals surface area contributed by atoms with Crippen molar-refractivity contribution in [2.24, 2.45) is 5.92 Å². The summed E-state index contributed by atoms with van der Waals surface area (Å²) >= 11 is 0. The molecule has 3 heteroatoms. The van der Waals surface area contributed by atoms with Gasteiger partial charge < -0.3 is 10.2 Å². The van der Waals surface area contributed by atoms with E-state index in [0.29, 0.717) is 11.9 Å². The van der Waals surface area contributed by atoms with Crippen molar-refractivity contribution in [3.63, 3.8) is 0 Å². The van der Waals surface area contributed by atoms with Crippen LogP contribution in [-0.4, -0.2) is 37.0 Å². The van der Waals surface area contributed by atoms with Gasteiger partial charge in [-0.05, 0) is 39.3 Å². The van der Waals surface area contributed by atoms with Gasteiger partial charge in [-0.1, -0.05) is 12.8 Å². The third kappa shape index (κ3) is 2.94. The van der Waals surface area contributed by atoms with Crippen LogP contribution in [0, 0.1) is 5.92 Å². The Labute approximate surface area is 92.2 Å². The molecule has 2 fully saturated rings. The number of carbonyl (C=O) groups excluding carboxylic acids is 1. The summed E-state index contributed by atoms with van der Waals surface area (Å²) in [4.78, 5) is 14.2. The van der Waals surface area contributed by atoms with Gasteiger partial charge in [0.05, 0.1) is 5.92 Å². The van der Waals surface area contributed by atoms with Crippen molar-refractivity contribution in [2.75, 3.05) is 20.1 Å². The van der Waals surface area contributed by atoms with Gasteiger partial charge in [-0.3, -0.25) is 4.79 Å². The van der Waals surface area contributed by atoms with E-state index in [9.17, 15) is 4.79 Å². The van der Waals surface area contributed by atoms with Crippen molar-refractivity contribution in [1.29, 1.82) is 0 Å². The van der Waals surface area contributed by atoms with E-state index in [0.717, 1.165) is 19.5 Å². The lowest BCUT2D eigenvalue weighted by atomic mass is 9.97. The third-order valence-electron chi connectivity index (χ3n) is 3.70. The fourth-order valence-electron chi connectivity index (χ4n) is 2.77. The maximum Gasteiger partial charge on any atom is 0.224 e. The molecule has 0 aromatic carbocycles. The van der Waals surface area contributed by atoms with Gasteiger partial charge in [-0.25, -0.2) is 0 Å². The fraction of sp³-hybridized carbons (Fsp3) is 0.917. The Hall–Kier alpha value is -0.570. The minimum absolute atomic E-state index is 0.240. The third-order valence-corrected chi connectivity index (χ3v) is 3.70. The summed E-state index contributed by atoms with van der Waals surface area (Å²) in [6.07, 6.45) is 7.19. The lowest BCUT2D eigenvalue weighted by molar-refractivity contribution is -0.127. The first kappa shape index (κ1) is 10.9. The van der Waals surface area contributed by atoms with Gasteiger partial charge in [0.25, 0.3) is 0 Å². The molecule has 0 radical (unpaired) electrons. The first-order valence-corrected chi connectivity index (χ1v) is 6.24. The molecule has 2 rings (SSSR count). The van der Waals surface area contributed by atoms with Crippen LogP contribution in [0.2, 0.25) is 0 Å². The van der Waals surface area contributed by atoms with Crippen LogP contribution < -0.4 is 5.32 Å². The van der Waals surface area contributed by atoms with Crippen molar-refractivity contribution in [1.82, 2.24) is 10.2 Å². The molecule has 1 amide bonds. The Morgan fingerprint density at radius 1 is 1.20 bits per heavy atom. The molecule has 1 atom stereocenters. The van der Waals surface area contributed by atoms with Crippen LogP contribution in [0.15, 0.2) is 0 Å². The van der Waals surface area contributed by atoms with Crippen molar-refractivity contribution >= 4 is 5.91 Å². The summed E-state index contributed by atoms with van der Waals surface area (Å²) in [5, 5.41) is 3.20. The number of amides is 1. The zero-order valence-electron chi connectivity index (χ0n) is 9.67. The monoisotopic (exact) mass is 210 g/mol. The molecular weight excluding hydrogens is 188 g/mol. The molecule has 15 heavy (non-hydrogen) atoms. The molecule has 0 bridgehead atoms. The highest BCUT2D eigenvalue weighted by atomic mass is 16.2. The SMILES string of the molecule is CN1CCC[C@@H](C(=O)NC2CCCC2)C1. The van der Waals surface area contributed by atoms with Crippen molar-refractivity contribution in [3.05, 3.63) is 0 Å². The van der Waals surface area contributed by atoms with Gasteiger partial charge in [0.2, 0.25) is 5.91 Å². The van der Waals surface area contributed by atoms with Gasteiger partial charge in [0.15, 0.2) is 0 Å². The van der Waals surface area contributed by atoms with E-state index in [-0.39, 0.29) is 5.92 Å². The Morgan fingerprint density at radius 3 is 2.60 bits per heavy atom. The maximum absolute atomic E-state index is 12.0. The molecule has 1 aliphatic carbocycles.